The Labute approximate surface area is 88.6 Å². The fourth-order valence-electron chi connectivity index (χ4n) is 2.27. The van der Waals surface area contributed by atoms with E-state index in [0.29, 0.717) is 0 Å². The number of likely N-dealkylation sites (tertiary alicyclic amines) is 1. The highest BCUT2D eigenvalue weighted by Gasteiger charge is 2.21. The minimum absolute atomic E-state index is 0.862. The normalized spacial score (nSPS) is 23.1. The van der Waals surface area contributed by atoms with Gasteiger partial charge in [-0.05, 0) is 38.6 Å². The Hall–Kier alpha value is -0.0800. The Bertz CT molecular complexity index is 138. The van der Waals surface area contributed by atoms with Gasteiger partial charge in [0.05, 0.1) is 0 Å². The van der Waals surface area contributed by atoms with Gasteiger partial charge in [-0.2, -0.15) is 0 Å². The van der Waals surface area contributed by atoms with E-state index in [-0.39, 0.29) is 0 Å². The number of hydrogen-bond acceptors (Lipinski definition) is 2. The molecule has 0 aromatic rings. The molecule has 1 aliphatic heterocycles. The van der Waals surface area contributed by atoms with Crippen molar-refractivity contribution in [3.05, 3.63) is 0 Å². The zero-order valence-corrected chi connectivity index (χ0v) is 9.80. The van der Waals surface area contributed by atoms with Gasteiger partial charge in [-0.1, -0.05) is 13.8 Å². The summed E-state index contributed by atoms with van der Waals surface area (Å²) in [7, 11) is 0. The van der Waals surface area contributed by atoms with Crippen molar-refractivity contribution in [2.24, 2.45) is 0 Å². The number of hydrogen-bond donors (Lipinski definition) is 0. The van der Waals surface area contributed by atoms with Gasteiger partial charge in [-0.15, -0.1) is 0 Å². The fraction of sp³-hybridized carbons (Fsp3) is 1.00. The highest BCUT2D eigenvalue weighted by Crippen LogP contribution is 2.19. The second-order valence-corrected chi connectivity index (χ2v) is 4.21. The second-order valence-electron chi connectivity index (χ2n) is 4.21. The number of nitrogens with zero attached hydrogens (tertiary/aromatic N) is 1. The fourth-order valence-corrected chi connectivity index (χ4v) is 2.27. The molecule has 0 radical (unpaired) electrons. The predicted octanol–water partition coefficient (Wildman–Crippen LogP) is 2.68. The third kappa shape index (κ3) is 3.97. The van der Waals surface area contributed by atoms with Crippen molar-refractivity contribution in [2.45, 2.75) is 52.0 Å². The first-order valence-electron chi connectivity index (χ1n) is 6.20. The highest BCUT2D eigenvalue weighted by molar-refractivity contribution is 4.77. The molecule has 1 rings (SSSR count). The molecule has 84 valence electrons. The number of rotatable bonds is 7. The minimum atomic E-state index is 0.862. The van der Waals surface area contributed by atoms with Gasteiger partial charge in [0.1, 0.15) is 0 Å². The zero-order valence-electron chi connectivity index (χ0n) is 9.80. The molecule has 2 nitrogen and oxygen atoms in total. The molecule has 0 aromatic heterocycles. The molecule has 1 atom stereocenters. The van der Waals surface area contributed by atoms with Gasteiger partial charge in [0, 0.05) is 25.8 Å². The van der Waals surface area contributed by atoms with E-state index in [0.717, 1.165) is 25.7 Å². The zero-order chi connectivity index (χ0) is 10.2. The summed E-state index contributed by atoms with van der Waals surface area (Å²) in [5, 5.41) is 0. The average Bonchev–Trinajstić information content (AvgIpc) is 2.65. The van der Waals surface area contributed by atoms with E-state index in [4.69, 9.17) is 4.74 Å². The summed E-state index contributed by atoms with van der Waals surface area (Å²) < 4.78 is 5.48. The number of ether oxygens (including phenoxy) is 1. The van der Waals surface area contributed by atoms with Crippen LogP contribution in [-0.2, 0) is 4.74 Å². The second kappa shape index (κ2) is 7.24. The van der Waals surface area contributed by atoms with Gasteiger partial charge in [0.2, 0.25) is 0 Å². The lowest BCUT2D eigenvalue weighted by Crippen LogP contribution is -2.30. The van der Waals surface area contributed by atoms with Crippen LogP contribution in [0, 0.1) is 0 Å². The molecule has 1 heterocycles. The molecule has 0 saturated carbocycles. The Balaban J connectivity index is 2.00. The van der Waals surface area contributed by atoms with Crippen molar-refractivity contribution < 1.29 is 4.74 Å². The molecule has 14 heavy (non-hydrogen) atoms. The Kier molecular flexibility index (Phi) is 6.20. The van der Waals surface area contributed by atoms with E-state index in [9.17, 15) is 0 Å². The molecule has 0 aromatic carbocycles. The first-order chi connectivity index (χ1) is 6.88. The summed E-state index contributed by atoms with van der Waals surface area (Å²) in [4.78, 5) is 2.63. The van der Waals surface area contributed by atoms with Gasteiger partial charge in [-0.25, -0.2) is 0 Å². The van der Waals surface area contributed by atoms with E-state index in [1.807, 2.05) is 0 Å². The summed E-state index contributed by atoms with van der Waals surface area (Å²) in [5.41, 5.74) is 0. The maximum absolute atomic E-state index is 5.48. The Morgan fingerprint density at radius 3 is 2.86 bits per heavy atom. The molecule has 0 bridgehead atoms. The topological polar surface area (TPSA) is 12.5 Å². The molecule has 0 N–H and O–H groups in total. The summed E-state index contributed by atoms with van der Waals surface area (Å²) in [6.45, 7) is 8.89. The molecule has 1 saturated heterocycles. The van der Waals surface area contributed by atoms with Crippen LogP contribution in [0.5, 0.6) is 0 Å². The van der Waals surface area contributed by atoms with Crippen LogP contribution < -0.4 is 0 Å². The molecule has 0 aliphatic carbocycles. The third-order valence-electron chi connectivity index (χ3n) is 3.05. The van der Waals surface area contributed by atoms with Crippen LogP contribution in [0.25, 0.3) is 0 Å². The van der Waals surface area contributed by atoms with Crippen LogP contribution in [0.1, 0.15) is 46.0 Å². The van der Waals surface area contributed by atoms with E-state index in [1.165, 1.54) is 38.8 Å². The van der Waals surface area contributed by atoms with E-state index >= 15 is 0 Å². The molecule has 0 unspecified atom stereocenters. The van der Waals surface area contributed by atoms with Crippen LogP contribution in [0.2, 0.25) is 0 Å². The smallest absolute Gasteiger partial charge is 0.0478 e. The Morgan fingerprint density at radius 1 is 1.29 bits per heavy atom. The largest absolute Gasteiger partial charge is 0.381 e. The van der Waals surface area contributed by atoms with Crippen LogP contribution >= 0.6 is 0 Å². The Morgan fingerprint density at radius 2 is 2.14 bits per heavy atom. The molecule has 2 heteroatoms. The van der Waals surface area contributed by atoms with Gasteiger partial charge >= 0.3 is 0 Å². The quantitative estimate of drug-likeness (QED) is 0.584. The van der Waals surface area contributed by atoms with Crippen LogP contribution in [0.4, 0.5) is 0 Å². The van der Waals surface area contributed by atoms with E-state index < -0.39 is 0 Å². The lowest BCUT2D eigenvalue weighted by Gasteiger charge is -2.22. The summed E-state index contributed by atoms with van der Waals surface area (Å²) in [6, 6.07) is 0.862. The van der Waals surface area contributed by atoms with Crippen molar-refractivity contribution in [1.82, 2.24) is 4.90 Å². The van der Waals surface area contributed by atoms with Crippen molar-refractivity contribution in [1.29, 1.82) is 0 Å². The van der Waals surface area contributed by atoms with Crippen LogP contribution in [0.15, 0.2) is 0 Å². The molecule has 1 aliphatic rings. The van der Waals surface area contributed by atoms with Gasteiger partial charge in [0.25, 0.3) is 0 Å². The summed E-state index contributed by atoms with van der Waals surface area (Å²) in [6.07, 6.45) is 6.47. The average molecular weight is 199 g/mol. The molecule has 0 spiro atoms. The lowest BCUT2D eigenvalue weighted by atomic mass is 10.2. The third-order valence-corrected chi connectivity index (χ3v) is 3.05. The SMILES string of the molecule is CCCOCCCN1CCC[C@H]1CC. The van der Waals surface area contributed by atoms with Crippen molar-refractivity contribution in [3.8, 4) is 0 Å². The van der Waals surface area contributed by atoms with Crippen molar-refractivity contribution >= 4 is 0 Å². The van der Waals surface area contributed by atoms with Gasteiger partial charge in [-0.3, -0.25) is 0 Å². The highest BCUT2D eigenvalue weighted by atomic mass is 16.5. The maximum Gasteiger partial charge on any atom is 0.0478 e. The maximum atomic E-state index is 5.48. The lowest BCUT2D eigenvalue weighted by molar-refractivity contribution is 0.118. The first kappa shape index (κ1) is 12.0. The molecular formula is C12H25NO. The monoisotopic (exact) mass is 199 g/mol. The molecule has 1 fully saturated rings. The standard InChI is InChI=1S/C12H25NO/c1-3-10-14-11-6-9-13-8-5-7-12(13)4-2/h12H,3-11H2,1-2H3/t12-/m1/s1. The molecular weight excluding hydrogens is 174 g/mol. The van der Waals surface area contributed by atoms with Crippen molar-refractivity contribution in [3.63, 3.8) is 0 Å². The van der Waals surface area contributed by atoms with Gasteiger partial charge < -0.3 is 9.64 Å². The van der Waals surface area contributed by atoms with Crippen LogP contribution in [-0.4, -0.2) is 37.2 Å². The summed E-state index contributed by atoms with van der Waals surface area (Å²) in [5.74, 6) is 0. The first-order valence-corrected chi connectivity index (χ1v) is 6.20. The minimum Gasteiger partial charge on any atom is -0.381 e. The van der Waals surface area contributed by atoms with Crippen LogP contribution in [0.3, 0.4) is 0 Å². The molecule has 0 amide bonds. The predicted molar refractivity (Wildman–Crippen MR) is 60.6 cm³/mol. The van der Waals surface area contributed by atoms with E-state index in [1.54, 1.807) is 0 Å². The van der Waals surface area contributed by atoms with Gasteiger partial charge in [0.15, 0.2) is 0 Å². The van der Waals surface area contributed by atoms with Crippen molar-refractivity contribution in [2.75, 3.05) is 26.3 Å². The summed E-state index contributed by atoms with van der Waals surface area (Å²) >= 11 is 0. The van der Waals surface area contributed by atoms with E-state index in [2.05, 4.69) is 18.7 Å².